The van der Waals surface area contributed by atoms with Gasteiger partial charge in [-0.05, 0) is 44.5 Å². The number of benzene rings is 1. The summed E-state index contributed by atoms with van der Waals surface area (Å²) in [6, 6.07) is 6.22. The summed E-state index contributed by atoms with van der Waals surface area (Å²) < 4.78 is 46.5. The zero-order chi connectivity index (χ0) is 25.4. The maximum atomic E-state index is 14.7. The number of halogens is 3. The minimum atomic E-state index is -2.22. The van der Waals surface area contributed by atoms with Gasteiger partial charge in [-0.2, -0.15) is 0 Å². The van der Waals surface area contributed by atoms with Gasteiger partial charge in [-0.15, -0.1) is 11.3 Å². The van der Waals surface area contributed by atoms with Crippen LogP contribution in [0.15, 0.2) is 41.9 Å². The highest BCUT2D eigenvalue weighted by Gasteiger charge is 2.45. The van der Waals surface area contributed by atoms with Crippen LogP contribution in [-0.2, 0) is 17.7 Å². The summed E-state index contributed by atoms with van der Waals surface area (Å²) >= 11 is 7.20. The van der Waals surface area contributed by atoms with Crippen molar-refractivity contribution in [1.29, 1.82) is 0 Å². The molecule has 2 N–H and O–H groups in total. The number of aromatic nitrogens is 2. The molecule has 6 nitrogen and oxygen atoms in total. The quantitative estimate of drug-likeness (QED) is 0.451. The fourth-order valence-electron chi connectivity index (χ4n) is 4.07. The third kappa shape index (κ3) is 5.15. The minimum Gasteiger partial charge on any atom is -0.481 e. The van der Waals surface area contributed by atoms with Crippen molar-refractivity contribution in [2.75, 3.05) is 11.9 Å². The lowest BCUT2D eigenvalue weighted by Crippen LogP contribution is -2.50. The van der Waals surface area contributed by atoms with Gasteiger partial charge in [0.1, 0.15) is 17.5 Å². The van der Waals surface area contributed by atoms with Crippen molar-refractivity contribution in [2.45, 2.75) is 38.7 Å². The molecule has 3 aromatic rings. The molecule has 1 aromatic carbocycles. The summed E-state index contributed by atoms with van der Waals surface area (Å²) in [7, 11) is 0. The normalized spacial score (nSPS) is 22.5. The number of carboxylic acid groups (broad SMARTS) is 1. The molecule has 174 valence electrons. The zero-order valence-corrected chi connectivity index (χ0v) is 19.3. The van der Waals surface area contributed by atoms with Gasteiger partial charge >= 0.3 is 5.97 Å². The monoisotopic (exact) mass is 494 g/mol. The predicted octanol–water partition coefficient (Wildman–Crippen LogP) is 5.51. The number of carboxylic acids is 1. The zero-order valence-electron chi connectivity index (χ0n) is 19.7. The smallest absolute Gasteiger partial charge is 0.310 e. The number of likely N-dealkylation sites (tertiary alicyclic amines) is 1. The van der Waals surface area contributed by atoms with E-state index in [9.17, 15) is 18.7 Å². The van der Waals surface area contributed by atoms with E-state index in [2.05, 4.69) is 15.3 Å². The highest BCUT2D eigenvalue weighted by atomic mass is 35.5. The van der Waals surface area contributed by atoms with E-state index in [4.69, 9.17) is 14.3 Å². The number of hydrogen-bond acceptors (Lipinski definition) is 6. The van der Waals surface area contributed by atoms with E-state index in [1.807, 2.05) is 0 Å². The van der Waals surface area contributed by atoms with Gasteiger partial charge in [0.05, 0.1) is 16.1 Å². The molecule has 0 aliphatic carbocycles. The highest BCUT2D eigenvalue weighted by molar-refractivity contribution is 7.13. The van der Waals surface area contributed by atoms with E-state index in [1.54, 1.807) is 18.5 Å². The minimum absolute atomic E-state index is 0.00139. The van der Waals surface area contributed by atoms with Crippen molar-refractivity contribution in [1.82, 2.24) is 14.9 Å². The van der Waals surface area contributed by atoms with Crippen LogP contribution in [0.25, 0.3) is 0 Å². The molecule has 0 unspecified atom stereocenters. The van der Waals surface area contributed by atoms with Crippen LogP contribution in [0.3, 0.4) is 0 Å². The van der Waals surface area contributed by atoms with Crippen LogP contribution in [0.2, 0.25) is 5.02 Å². The molecular formula is C23H23ClF2N4O2S. The van der Waals surface area contributed by atoms with Gasteiger partial charge in [-0.1, -0.05) is 23.7 Å². The number of hydrogen-bond donors (Lipinski definition) is 2. The molecule has 1 aliphatic heterocycles. The van der Waals surface area contributed by atoms with E-state index in [0.717, 1.165) is 0 Å². The van der Waals surface area contributed by atoms with Crippen LogP contribution in [0.4, 0.5) is 19.7 Å². The second kappa shape index (κ2) is 9.70. The Morgan fingerprint density at radius 2 is 2.24 bits per heavy atom. The second-order valence-corrected chi connectivity index (χ2v) is 9.36. The number of anilines is 2. The molecule has 0 spiro atoms. The standard InChI is InChI=1S/C23H23ClF2N4O2S/c1-14-11-23(21(31)32,7-9-30(14)13-15-3-2-4-16(24)20(15)26)12-18-17(25)5-6-19(28-18)29-22-27-8-10-33-22/h2-6,8,10,14H,7,9,11-13H2,1H3,(H,31,32)(H,27,28,29)/t14-,23-/m1/s1/i13D2. The Kier molecular flexibility index (Phi) is 6.16. The fourth-order valence-corrected chi connectivity index (χ4v) is 4.78. The molecule has 2 atom stereocenters. The summed E-state index contributed by atoms with van der Waals surface area (Å²) in [6.07, 6.45) is 1.49. The van der Waals surface area contributed by atoms with E-state index in [0.29, 0.717) is 10.9 Å². The molecule has 0 bridgehead atoms. The van der Waals surface area contributed by atoms with Crippen molar-refractivity contribution >= 4 is 39.9 Å². The van der Waals surface area contributed by atoms with Gasteiger partial charge in [0.15, 0.2) is 5.13 Å². The Hall–Kier alpha value is -2.62. The average Bonchev–Trinajstić information content (AvgIpc) is 3.30. The van der Waals surface area contributed by atoms with Crippen molar-refractivity contribution in [3.05, 3.63) is 69.8 Å². The maximum absolute atomic E-state index is 14.7. The first-order valence-electron chi connectivity index (χ1n) is 11.3. The summed E-state index contributed by atoms with van der Waals surface area (Å²) in [4.78, 5) is 22.3. The van der Waals surface area contributed by atoms with Crippen LogP contribution >= 0.6 is 22.9 Å². The fraction of sp³-hybridized carbons (Fsp3) is 0.348. The van der Waals surface area contributed by atoms with Gasteiger partial charge in [0.25, 0.3) is 0 Å². The molecule has 0 radical (unpaired) electrons. The van der Waals surface area contributed by atoms with E-state index in [-0.39, 0.29) is 42.1 Å². The Morgan fingerprint density at radius 1 is 1.42 bits per heavy atom. The first-order valence-corrected chi connectivity index (χ1v) is 11.6. The van der Waals surface area contributed by atoms with Crippen LogP contribution in [0.1, 0.15) is 33.8 Å². The number of nitrogens with zero attached hydrogens (tertiary/aromatic N) is 3. The van der Waals surface area contributed by atoms with Crippen molar-refractivity contribution in [3.63, 3.8) is 0 Å². The number of nitrogens with one attached hydrogen (secondary N) is 1. The van der Waals surface area contributed by atoms with Gasteiger partial charge < -0.3 is 10.4 Å². The van der Waals surface area contributed by atoms with Crippen molar-refractivity contribution in [3.8, 4) is 0 Å². The summed E-state index contributed by atoms with van der Waals surface area (Å²) in [5.74, 6) is -2.24. The number of carbonyl (C=O) groups is 1. The molecule has 2 aromatic heterocycles. The number of piperidine rings is 1. The van der Waals surface area contributed by atoms with Gasteiger partial charge in [-0.3, -0.25) is 9.69 Å². The molecule has 33 heavy (non-hydrogen) atoms. The third-order valence-electron chi connectivity index (χ3n) is 5.81. The van der Waals surface area contributed by atoms with Crippen LogP contribution in [-0.4, -0.2) is 38.5 Å². The van der Waals surface area contributed by atoms with Crippen molar-refractivity contribution in [2.24, 2.45) is 5.41 Å². The van der Waals surface area contributed by atoms with E-state index >= 15 is 0 Å². The first kappa shape index (κ1) is 20.9. The van der Waals surface area contributed by atoms with E-state index in [1.165, 1.54) is 46.6 Å². The number of aliphatic carboxylic acids is 1. The summed E-state index contributed by atoms with van der Waals surface area (Å²) in [5, 5.41) is 15.3. The number of rotatable bonds is 7. The average molecular weight is 495 g/mol. The molecule has 1 fully saturated rings. The van der Waals surface area contributed by atoms with Gasteiger partial charge in [0, 0.05) is 38.8 Å². The largest absolute Gasteiger partial charge is 0.481 e. The molecule has 1 aliphatic rings. The second-order valence-electron chi connectivity index (χ2n) is 8.06. The molecular weight excluding hydrogens is 470 g/mol. The Balaban J connectivity index is 1.58. The lowest BCUT2D eigenvalue weighted by Gasteiger charge is -2.43. The van der Waals surface area contributed by atoms with Gasteiger partial charge in [0.2, 0.25) is 0 Å². The lowest BCUT2D eigenvalue weighted by atomic mass is 9.72. The van der Waals surface area contributed by atoms with Gasteiger partial charge in [-0.25, -0.2) is 18.7 Å². The summed E-state index contributed by atoms with van der Waals surface area (Å²) in [5.41, 5.74) is -1.58. The van der Waals surface area contributed by atoms with E-state index < -0.39 is 35.6 Å². The summed E-state index contributed by atoms with van der Waals surface area (Å²) in [6.45, 7) is -0.521. The molecule has 1 saturated heterocycles. The molecule has 10 heteroatoms. The van der Waals surface area contributed by atoms with Crippen LogP contribution in [0.5, 0.6) is 0 Å². The lowest BCUT2D eigenvalue weighted by molar-refractivity contribution is -0.153. The Labute approximate surface area is 202 Å². The Bertz CT molecular complexity index is 1230. The van der Waals surface area contributed by atoms with Crippen LogP contribution in [0, 0.1) is 17.0 Å². The SMILES string of the molecule is [2H]C([2H])(c1cccc(Cl)c1F)N1CC[C@@](Cc2nc(Nc3nccs3)ccc2F)(C(=O)O)C[C@H]1C. The topological polar surface area (TPSA) is 78.4 Å². The molecule has 4 rings (SSSR count). The van der Waals surface area contributed by atoms with Crippen LogP contribution < -0.4 is 5.32 Å². The molecule has 0 amide bonds. The number of pyridine rings is 1. The van der Waals surface area contributed by atoms with Crippen molar-refractivity contribution < 1.29 is 21.4 Å². The number of thiazole rings is 1. The highest BCUT2D eigenvalue weighted by Crippen LogP contribution is 2.39. The third-order valence-corrected chi connectivity index (χ3v) is 6.79. The molecule has 3 heterocycles. The Morgan fingerprint density at radius 3 is 2.94 bits per heavy atom. The maximum Gasteiger partial charge on any atom is 0.310 e. The molecule has 0 saturated carbocycles. The predicted molar refractivity (Wildman–Crippen MR) is 124 cm³/mol. The first-order chi connectivity index (χ1) is 16.5.